The highest BCUT2D eigenvalue weighted by Gasteiger charge is 2.71. The van der Waals surface area contributed by atoms with E-state index in [1.54, 1.807) is 0 Å². The van der Waals surface area contributed by atoms with E-state index in [0.29, 0.717) is 17.6 Å². The zero-order valence-corrected chi connectivity index (χ0v) is 11.6. The Morgan fingerprint density at radius 2 is 2.06 bits per heavy atom. The van der Waals surface area contributed by atoms with E-state index in [1.807, 2.05) is 0 Å². The third kappa shape index (κ3) is 0.999. The molecular formula is C16H22O2. The second-order valence-corrected chi connectivity index (χ2v) is 7.55. The van der Waals surface area contributed by atoms with Gasteiger partial charge in [0.15, 0.2) is 5.78 Å². The zero-order chi connectivity index (χ0) is 12.7. The molecular weight excluding hydrogens is 224 g/mol. The Labute approximate surface area is 109 Å². The van der Waals surface area contributed by atoms with E-state index in [1.165, 1.54) is 24.0 Å². The molecule has 4 unspecified atom stereocenters. The minimum atomic E-state index is 0.114. The summed E-state index contributed by atoms with van der Waals surface area (Å²) >= 11 is 0. The van der Waals surface area contributed by atoms with Crippen molar-refractivity contribution in [3.8, 4) is 0 Å². The monoisotopic (exact) mass is 246 g/mol. The van der Waals surface area contributed by atoms with Gasteiger partial charge in [0.05, 0.1) is 12.7 Å². The Morgan fingerprint density at radius 1 is 1.28 bits per heavy atom. The van der Waals surface area contributed by atoms with E-state index >= 15 is 0 Å². The number of ketones is 1. The molecule has 0 N–H and O–H groups in total. The number of hydrogen-bond acceptors (Lipinski definition) is 2. The van der Waals surface area contributed by atoms with Gasteiger partial charge in [0.1, 0.15) is 0 Å². The van der Waals surface area contributed by atoms with E-state index in [-0.39, 0.29) is 16.9 Å². The smallest absolute Gasteiger partial charge is 0.159 e. The molecule has 3 fully saturated rings. The molecule has 2 saturated carbocycles. The molecule has 3 aliphatic carbocycles. The summed E-state index contributed by atoms with van der Waals surface area (Å²) in [6, 6.07) is 0. The first-order valence-electron chi connectivity index (χ1n) is 7.33. The fourth-order valence-corrected chi connectivity index (χ4v) is 5.83. The van der Waals surface area contributed by atoms with Gasteiger partial charge in [-0.15, -0.1) is 0 Å². The molecule has 4 rings (SSSR count). The van der Waals surface area contributed by atoms with Gasteiger partial charge >= 0.3 is 0 Å². The van der Waals surface area contributed by atoms with Crippen molar-refractivity contribution in [1.82, 2.24) is 0 Å². The Balaban J connectivity index is 1.98. The topological polar surface area (TPSA) is 26.3 Å². The molecule has 1 heterocycles. The first-order chi connectivity index (χ1) is 8.48. The Bertz CT molecular complexity index is 473. The van der Waals surface area contributed by atoms with Crippen LogP contribution < -0.4 is 0 Å². The van der Waals surface area contributed by atoms with Crippen LogP contribution in [0.1, 0.15) is 46.5 Å². The third-order valence-electron chi connectivity index (χ3n) is 6.17. The van der Waals surface area contributed by atoms with Crippen LogP contribution in [0.15, 0.2) is 11.1 Å². The molecule has 4 atom stereocenters. The van der Waals surface area contributed by atoms with Gasteiger partial charge in [0, 0.05) is 23.3 Å². The lowest BCUT2D eigenvalue weighted by molar-refractivity contribution is -0.115. The average molecular weight is 246 g/mol. The van der Waals surface area contributed by atoms with Crippen molar-refractivity contribution in [2.75, 3.05) is 6.61 Å². The molecule has 0 bridgehead atoms. The van der Waals surface area contributed by atoms with Gasteiger partial charge in [0.2, 0.25) is 0 Å². The fourth-order valence-electron chi connectivity index (χ4n) is 5.83. The van der Waals surface area contributed by atoms with E-state index in [0.717, 1.165) is 19.4 Å². The summed E-state index contributed by atoms with van der Waals surface area (Å²) in [5.41, 5.74) is 2.92. The van der Waals surface area contributed by atoms with Crippen LogP contribution in [0.25, 0.3) is 0 Å². The lowest BCUT2D eigenvalue weighted by atomic mass is 9.62. The number of carbonyl (C=O) groups is 1. The first-order valence-corrected chi connectivity index (χ1v) is 7.33. The first kappa shape index (κ1) is 11.2. The average Bonchev–Trinajstić information content (AvgIpc) is 2.82. The van der Waals surface area contributed by atoms with Crippen LogP contribution in [0.4, 0.5) is 0 Å². The van der Waals surface area contributed by atoms with Gasteiger partial charge in [-0.1, -0.05) is 19.4 Å². The van der Waals surface area contributed by atoms with Crippen LogP contribution in [0.2, 0.25) is 0 Å². The molecule has 0 aromatic heterocycles. The van der Waals surface area contributed by atoms with Gasteiger partial charge in [-0.3, -0.25) is 4.79 Å². The lowest BCUT2D eigenvalue weighted by Crippen LogP contribution is -2.41. The van der Waals surface area contributed by atoms with Crippen molar-refractivity contribution in [1.29, 1.82) is 0 Å². The maximum absolute atomic E-state index is 12.4. The normalized spacial score (nSPS) is 48.6. The molecule has 1 spiro atoms. The quantitative estimate of drug-likeness (QED) is 0.656. The Morgan fingerprint density at radius 3 is 2.83 bits per heavy atom. The highest BCUT2D eigenvalue weighted by atomic mass is 16.5. The maximum atomic E-state index is 12.4. The molecule has 98 valence electrons. The van der Waals surface area contributed by atoms with Crippen molar-refractivity contribution in [2.24, 2.45) is 22.7 Å². The van der Waals surface area contributed by atoms with E-state index in [9.17, 15) is 4.79 Å². The van der Waals surface area contributed by atoms with E-state index < -0.39 is 0 Å². The van der Waals surface area contributed by atoms with E-state index in [2.05, 4.69) is 20.8 Å². The number of carbonyl (C=O) groups excluding carboxylic acids is 1. The van der Waals surface area contributed by atoms with E-state index in [4.69, 9.17) is 4.74 Å². The van der Waals surface area contributed by atoms with Crippen LogP contribution in [0, 0.1) is 22.7 Å². The van der Waals surface area contributed by atoms with Crippen molar-refractivity contribution < 1.29 is 9.53 Å². The molecule has 2 nitrogen and oxygen atoms in total. The van der Waals surface area contributed by atoms with Crippen LogP contribution in [-0.4, -0.2) is 18.5 Å². The van der Waals surface area contributed by atoms with Gasteiger partial charge in [0.25, 0.3) is 0 Å². The third-order valence-corrected chi connectivity index (χ3v) is 6.17. The number of rotatable bonds is 0. The van der Waals surface area contributed by atoms with Gasteiger partial charge < -0.3 is 4.74 Å². The summed E-state index contributed by atoms with van der Waals surface area (Å²) in [4.78, 5) is 12.4. The second kappa shape index (κ2) is 3.09. The molecule has 2 heteroatoms. The number of hydrogen-bond donors (Lipinski definition) is 0. The number of allylic oxidation sites excluding steroid dienone is 1. The Kier molecular flexibility index (Phi) is 1.93. The van der Waals surface area contributed by atoms with Crippen LogP contribution in [0.5, 0.6) is 0 Å². The van der Waals surface area contributed by atoms with Gasteiger partial charge in [-0.2, -0.15) is 0 Å². The van der Waals surface area contributed by atoms with Crippen LogP contribution in [0.3, 0.4) is 0 Å². The summed E-state index contributed by atoms with van der Waals surface area (Å²) in [5, 5.41) is 0. The van der Waals surface area contributed by atoms with Crippen LogP contribution in [-0.2, 0) is 9.53 Å². The molecule has 1 aliphatic heterocycles. The highest BCUT2D eigenvalue weighted by Crippen LogP contribution is 2.71. The Hall–Kier alpha value is -0.630. The lowest BCUT2D eigenvalue weighted by Gasteiger charge is -2.40. The molecule has 1 saturated heterocycles. The van der Waals surface area contributed by atoms with Crippen LogP contribution >= 0.6 is 0 Å². The SMILES string of the molecule is CC1=C2C(=O)CC3COC4C(C)(C)CC(CC1)C234. The van der Waals surface area contributed by atoms with Crippen molar-refractivity contribution in [2.45, 2.75) is 52.6 Å². The summed E-state index contributed by atoms with van der Waals surface area (Å²) < 4.78 is 6.20. The largest absolute Gasteiger partial charge is 0.376 e. The summed E-state index contributed by atoms with van der Waals surface area (Å²) in [6.07, 6.45) is 4.66. The fraction of sp³-hybridized carbons (Fsp3) is 0.812. The van der Waals surface area contributed by atoms with Crippen molar-refractivity contribution in [3.05, 3.63) is 11.1 Å². The summed E-state index contributed by atoms with van der Waals surface area (Å²) in [5.74, 6) is 1.61. The predicted molar refractivity (Wildman–Crippen MR) is 69.1 cm³/mol. The highest BCUT2D eigenvalue weighted by molar-refractivity contribution is 6.01. The molecule has 0 radical (unpaired) electrons. The number of ether oxygens (including phenoxy) is 1. The molecule has 0 aromatic carbocycles. The zero-order valence-electron chi connectivity index (χ0n) is 11.6. The number of Topliss-reactive ketones (excluding diaryl/α,β-unsaturated/α-hetero) is 1. The summed E-state index contributed by atoms with van der Waals surface area (Å²) in [7, 11) is 0. The standard InChI is InChI=1S/C16H22O2/c1-9-4-5-10-7-15(2,3)14-16(10)11(8-18-14)6-12(17)13(9)16/h10-11,14H,4-8H2,1-3H3. The minimum absolute atomic E-state index is 0.114. The molecule has 4 aliphatic rings. The van der Waals surface area contributed by atoms with Gasteiger partial charge in [-0.25, -0.2) is 0 Å². The van der Waals surface area contributed by atoms with Gasteiger partial charge in [-0.05, 0) is 37.5 Å². The molecule has 0 aromatic rings. The van der Waals surface area contributed by atoms with Crippen molar-refractivity contribution >= 4 is 5.78 Å². The van der Waals surface area contributed by atoms with Crippen molar-refractivity contribution in [3.63, 3.8) is 0 Å². The molecule has 0 amide bonds. The maximum Gasteiger partial charge on any atom is 0.159 e. The minimum Gasteiger partial charge on any atom is -0.376 e. The second-order valence-electron chi connectivity index (χ2n) is 7.55. The molecule has 18 heavy (non-hydrogen) atoms. The predicted octanol–water partition coefficient (Wildman–Crippen LogP) is 3.12. The summed E-state index contributed by atoms with van der Waals surface area (Å²) in [6.45, 7) is 7.67.